The van der Waals surface area contributed by atoms with Crippen molar-refractivity contribution in [3.8, 4) is 0 Å². The molecule has 0 aromatic rings. The zero-order valence-electron chi connectivity index (χ0n) is 14.5. The molecule has 3 rings (SSSR count). The maximum atomic E-state index is 13.2. The first kappa shape index (κ1) is 17.4. The van der Waals surface area contributed by atoms with E-state index in [1.807, 2.05) is 20.8 Å². The topological polar surface area (TPSA) is 76.1 Å². The predicted octanol–water partition coefficient (Wildman–Crippen LogP) is 1.60. The molecule has 0 unspecified atom stereocenters. The van der Waals surface area contributed by atoms with Crippen molar-refractivity contribution in [3.05, 3.63) is 0 Å². The van der Waals surface area contributed by atoms with Crippen LogP contribution >= 0.6 is 11.8 Å². The lowest BCUT2D eigenvalue weighted by Crippen LogP contribution is -2.55. The highest BCUT2D eigenvalue weighted by molar-refractivity contribution is 8.00. The summed E-state index contributed by atoms with van der Waals surface area (Å²) in [5.41, 5.74) is -1.48. The van der Waals surface area contributed by atoms with Crippen LogP contribution in [-0.2, 0) is 19.1 Å². The third-order valence-electron chi connectivity index (χ3n) is 4.81. The average Bonchev–Trinajstić information content (AvgIpc) is 3.15. The Labute approximate surface area is 146 Å². The van der Waals surface area contributed by atoms with Crippen LogP contribution in [0.15, 0.2) is 0 Å². The van der Waals surface area contributed by atoms with Gasteiger partial charge in [-0.2, -0.15) is 0 Å². The van der Waals surface area contributed by atoms with E-state index < -0.39 is 29.2 Å². The van der Waals surface area contributed by atoms with Gasteiger partial charge in [-0.3, -0.25) is 9.69 Å². The van der Waals surface area contributed by atoms with E-state index in [2.05, 4.69) is 0 Å². The zero-order valence-corrected chi connectivity index (χ0v) is 15.4. The number of thioether (sulfide) groups is 1. The van der Waals surface area contributed by atoms with Gasteiger partial charge in [0.2, 0.25) is 5.91 Å². The normalized spacial score (nSPS) is 32.4. The molecule has 3 aliphatic heterocycles. The Morgan fingerprint density at radius 1 is 1.33 bits per heavy atom. The summed E-state index contributed by atoms with van der Waals surface area (Å²) in [6.45, 7) is 5.94. The third-order valence-corrected chi connectivity index (χ3v) is 6.10. The first-order valence-corrected chi connectivity index (χ1v) is 9.27. The van der Waals surface area contributed by atoms with Gasteiger partial charge in [-0.1, -0.05) is 0 Å². The number of rotatable bonds is 1. The highest BCUT2D eigenvalue weighted by Crippen LogP contribution is 2.49. The van der Waals surface area contributed by atoms with Gasteiger partial charge in [-0.05, 0) is 33.6 Å². The second-order valence-electron chi connectivity index (χ2n) is 7.51. The number of hydrogen-bond donors (Lipinski definition) is 0. The molecular formula is C16H24N2O5S. The van der Waals surface area contributed by atoms with E-state index in [0.717, 1.165) is 6.42 Å². The monoisotopic (exact) mass is 356 g/mol. The number of carbonyl (C=O) groups is 3. The highest BCUT2D eigenvalue weighted by atomic mass is 32.2. The smallest absolute Gasteiger partial charge is 0.411 e. The van der Waals surface area contributed by atoms with E-state index in [1.54, 1.807) is 21.6 Å². The summed E-state index contributed by atoms with van der Waals surface area (Å²) >= 11 is 1.58. The second kappa shape index (κ2) is 5.82. The summed E-state index contributed by atoms with van der Waals surface area (Å²) in [4.78, 5) is 40.9. The van der Waals surface area contributed by atoms with Crippen LogP contribution in [0, 0.1) is 0 Å². The summed E-state index contributed by atoms with van der Waals surface area (Å²) in [6.07, 6.45) is 1.48. The Balaban J connectivity index is 1.84. The second-order valence-corrected chi connectivity index (χ2v) is 8.72. The van der Waals surface area contributed by atoms with E-state index in [-0.39, 0.29) is 11.3 Å². The summed E-state index contributed by atoms with van der Waals surface area (Å²) in [5.74, 6) is 0.0134. The minimum absolute atomic E-state index is 0.0790. The standard InChI is InChI=1S/C16H24N2O5S/c1-15(2,3)23-14(21)17-7-5-6-16(17)8-11-18(13(16)20)10(9-24-11)12(19)22-4/h10-11H,5-9H2,1-4H3/t10-,11-,16-/m1/s1. The molecular weight excluding hydrogens is 332 g/mol. The lowest BCUT2D eigenvalue weighted by Gasteiger charge is -2.35. The first-order chi connectivity index (χ1) is 11.2. The quantitative estimate of drug-likeness (QED) is 0.664. The van der Waals surface area contributed by atoms with Crippen molar-refractivity contribution in [3.63, 3.8) is 0 Å². The van der Waals surface area contributed by atoms with Gasteiger partial charge in [0, 0.05) is 18.7 Å². The Bertz CT molecular complexity index is 575. The van der Waals surface area contributed by atoms with Crippen LogP contribution in [0.1, 0.15) is 40.0 Å². The largest absolute Gasteiger partial charge is 0.467 e. The van der Waals surface area contributed by atoms with Crippen molar-refractivity contribution in [1.29, 1.82) is 0 Å². The van der Waals surface area contributed by atoms with E-state index in [1.165, 1.54) is 7.11 Å². The summed E-state index contributed by atoms with van der Waals surface area (Å²) in [7, 11) is 1.33. The predicted molar refractivity (Wildman–Crippen MR) is 88.4 cm³/mol. The maximum Gasteiger partial charge on any atom is 0.411 e. The summed E-state index contributed by atoms with van der Waals surface area (Å²) in [5, 5.41) is -0.0790. The molecule has 3 fully saturated rings. The van der Waals surface area contributed by atoms with Gasteiger partial charge in [0.1, 0.15) is 17.2 Å². The third kappa shape index (κ3) is 2.64. The van der Waals surface area contributed by atoms with Crippen molar-refractivity contribution in [1.82, 2.24) is 9.80 Å². The number of ether oxygens (including phenoxy) is 2. The van der Waals surface area contributed by atoms with Crippen LogP contribution in [0.2, 0.25) is 0 Å². The number of esters is 1. The molecule has 8 heteroatoms. The van der Waals surface area contributed by atoms with E-state index in [4.69, 9.17) is 9.47 Å². The SMILES string of the molecule is COC(=O)[C@H]1CS[C@@H]2C[C@]3(CCCN3C(=O)OC(C)(C)C)C(=O)N12. The molecule has 0 aliphatic carbocycles. The molecule has 1 spiro atoms. The number of methoxy groups -OCH3 is 1. The molecule has 134 valence electrons. The summed E-state index contributed by atoms with van der Waals surface area (Å²) < 4.78 is 10.3. The molecule has 3 heterocycles. The number of hydrogen-bond acceptors (Lipinski definition) is 6. The van der Waals surface area contributed by atoms with Gasteiger partial charge in [0.25, 0.3) is 0 Å². The fourth-order valence-electron chi connectivity index (χ4n) is 3.82. The molecule has 0 aromatic heterocycles. The Hall–Kier alpha value is -1.44. The van der Waals surface area contributed by atoms with Crippen molar-refractivity contribution in [2.75, 3.05) is 19.4 Å². The molecule has 3 saturated heterocycles. The number of carbonyl (C=O) groups excluding carboxylic acids is 3. The van der Waals surface area contributed by atoms with Crippen LogP contribution in [0.25, 0.3) is 0 Å². The van der Waals surface area contributed by atoms with Gasteiger partial charge in [-0.15, -0.1) is 11.8 Å². The van der Waals surface area contributed by atoms with Crippen molar-refractivity contribution < 1.29 is 23.9 Å². The lowest BCUT2D eigenvalue weighted by atomic mass is 9.94. The van der Waals surface area contributed by atoms with Crippen LogP contribution < -0.4 is 0 Å². The van der Waals surface area contributed by atoms with E-state index >= 15 is 0 Å². The molecule has 3 aliphatic rings. The van der Waals surface area contributed by atoms with Crippen molar-refractivity contribution in [2.24, 2.45) is 0 Å². The molecule has 0 N–H and O–H groups in total. The zero-order chi connectivity index (χ0) is 17.7. The fraction of sp³-hybridized carbons (Fsp3) is 0.812. The Morgan fingerprint density at radius 3 is 2.67 bits per heavy atom. The van der Waals surface area contributed by atoms with Crippen LogP contribution in [0.4, 0.5) is 4.79 Å². The van der Waals surface area contributed by atoms with E-state index in [9.17, 15) is 14.4 Å². The molecule has 0 aromatic carbocycles. The van der Waals surface area contributed by atoms with Crippen molar-refractivity contribution >= 4 is 29.7 Å². The van der Waals surface area contributed by atoms with Gasteiger partial charge >= 0.3 is 12.1 Å². The molecule has 0 saturated carbocycles. The lowest BCUT2D eigenvalue weighted by molar-refractivity contribution is -0.152. The average molecular weight is 356 g/mol. The molecule has 2 amide bonds. The number of fused-ring (bicyclic) bond motifs is 1. The maximum absolute atomic E-state index is 13.2. The number of likely N-dealkylation sites (tertiary alicyclic amines) is 1. The van der Waals surface area contributed by atoms with Crippen LogP contribution in [0.3, 0.4) is 0 Å². The minimum atomic E-state index is -0.868. The minimum Gasteiger partial charge on any atom is -0.467 e. The number of amides is 2. The van der Waals surface area contributed by atoms with Gasteiger partial charge in [-0.25, -0.2) is 9.59 Å². The molecule has 3 atom stereocenters. The van der Waals surface area contributed by atoms with Crippen molar-refractivity contribution in [2.45, 2.75) is 62.6 Å². The fourth-order valence-corrected chi connectivity index (χ4v) is 5.32. The Morgan fingerprint density at radius 2 is 2.04 bits per heavy atom. The van der Waals surface area contributed by atoms with E-state index in [0.29, 0.717) is 25.1 Å². The molecule has 0 radical (unpaired) electrons. The Kier molecular flexibility index (Phi) is 4.22. The van der Waals surface area contributed by atoms with Gasteiger partial charge < -0.3 is 14.4 Å². The van der Waals surface area contributed by atoms with Gasteiger partial charge in [0.05, 0.1) is 12.5 Å². The molecule has 24 heavy (non-hydrogen) atoms. The van der Waals surface area contributed by atoms with Gasteiger partial charge in [0.15, 0.2) is 0 Å². The van der Waals surface area contributed by atoms with Crippen LogP contribution in [-0.4, -0.2) is 69.7 Å². The number of nitrogens with zero attached hydrogens (tertiary/aromatic N) is 2. The molecule has 0 bridgehead atoms. The van der Waals surface area contributed by atoms with Crippen LogP contribution in [0.5, 0.6) is 0 Å². The first-order valence-electron chi connectivity index (χ1n) is 8.22. The summed E-state index contributed by atoms with van der Waals surface area (Å²) in [6, 6.07) is -0.557. The highest BCUT2D eigenvalue weighted by Gasteiger charge is 2.63. The molecule has 7 nitrogen and oxygen atoms in total.